The molecule has 3 aromatic carbocycles. The Morgan fingerprint density at radius 3 is 2.31 bits per heavy atom. The van der Waals surface area contributed by atoms with Crippen molar-refractivity contribution in [1.82, 2.24) is 5.32 Å². The summed E-state index contributed by atoms with van der Waals surface area (Å²) >= 11 is 12.2. The molecule has 0 fully saturated rings. The molecule has 0 aliphatic carbocycles. The molecule has 0 aliphatic rings. The number of anilines is 1. The first-order chi connectivity index (χ1) is 15.3. The predicted molar refractivity (Wildman–Crippen MR) is 127 cm³/mol. The molecule has 0 saturated carbocycles. The first-order valence-corrected chi connectivity index (χ1v) is 12.0. The Bertz CT molecular complexity index is 1170. The summed E-state index contributed by atoms with van der Waals surface area (Å²) in [5, 5.41) is 3.27. The molecule has 0 spiro atoms. The van der Waals surface area contributed by atoms with E-state index in [2.05, 4.69) is 5.32 Å². The van der Waals surface area contributed by atoms with Crippen molar-refractivity contribution in [2.24, 2.45) is 0 Å². The molecule has 0 heterocycles. The lowest BCUT2D eigenvalue weighted by atomic mass is 10.2. The number of nitrogens with zero attached hydrogens (tertiary/aromatic N) is 1. The lowest BCUT2D eigenvalue weighted by Gasteiger charge is -2.24. The van der Waals surface area contributed by atoms with Gasteiger partial charge in [0, 0.05) is 16.6 Å². The Labute approximate surface area is 197 Å². The Kier molecular flexibility index (Phi) is 8.01. The minimum absolute atomic E-state index is 0.0494. The second-order valence-corrected chi connectivity index (χ2v) is 9.54. The Hall–Kier alpha value is -2.74. The fraction of sp³-hybridized carbons (Fsp3) is 0.174. The molecule has 32 heavy (non-hydrogen) atoms. The maximum atomic E-state index is 13.3. The molecule has 0 atom stereocenters. The molecule has 1 amide bonds. The quantitative estimate of drug-likeness (QED) is 0.460. The van der Waals surface area contributed by atoms with Crippen LogP contribution in [0.4, 0.5) is 5.69 Å². The highest BCUT2D eigenvalue weighted by Gasteiger charge is 2.27. The van der Waals surface area contributed by atoms with E-state index < -0.39 is 22.5 Å². The highest BCUT2D eigenvalue weighted by atomic mass is 35.5. The number of rotatable bonds is 9. The minimum atomic E-state index is -4.04. The van der Waals surface area contributed by atoms with Crippen molar-refractivity contribution in [3.05, 3.63) is 88.4 Å². The summed E-state index contributed by atoms with van der Waals surface area (Å²) in [5.41, 5.74) is 1.02. The topological polar surface area (TPSA) is 75.7 Å². The molecule has 0 bridgehead atoms. The molecule has 168 valence electrons. The molecule has 6 nitrogen and oxygen atoms in total. The van der Waals surface area contributed by atoms with E-state index in [9.17, 15) is 13.2 Å². The van der Waals surface area contributed by atoms with Crippen LogP contribution in [-0.4, -0.2) is 27.5 Å². The summed E-state index contributed by atoms with van der Waals surface area (Å²) in [4.78, 5) is 12.8. The Balaban J connectivity index is 1.84. The number of ether oxygens (including phenoxy) is 1. The van der Waals surface area contributed by atoms with Crippen LogP contribution in [0.3, 0.4) is 0 Å². The van der Waals surface area contributed by atoms with Gasteiger partial charge in [0.15, 0.2) is 0 Å². The van der Waals surface area contributed by atoms with Crippen LogP contribution < -0.4 is 14.4 Å². The molecule has 0 saturated heterocycles. The third-order valence-electron chi connectivity index (χ3n) is 4.45. The number of carbonyl (C=O) groups excluding carboxylic acids is 1. The molecule has 3 rings (SSSR count). The van der Waals surface area contributed by atoms with E-state index in [1.54, 1.807) is 18.2 Å². The van der Waals surface area contributed by atoms with E-state index in [1.165, 1.54) is 30.3 Å². The predicted octanol–water partition coefficient (Wildman–Crippen LogP) is 4.90. The van der Waals surface area contributed by atoms with Crippen LogP contribution in [0.5, 0.6) is 5.75 Å². The molecule has 0 radical (unpaired) electrons. The summed E-state index contributed by atoms with van der Waals surface area (Å²) in [5.74, 6) is 0.212. The van der Waals surface area contributed by atoms with Crippen molar-refractivity contribution in [2.75, 3.05) is 17.5 Å². The number of carbonyl (C=O) groups is 1. The van der Waals surface area contributed by atoms with Crippen LogP contribution >= 0.6 is 23.2 Å². The van der Waals surface area contributed by atoms with E-state index in [-0.39, 0.29) is 27.2 Å². The fourth-order valence-corrected chi connectivity index (χ4v) is 4.96. The first kappa shape index (κ1) is 23.9. The van der Waals surface area contributed by atoms with Gasteiger partial charge in [0.1, 0.15) is 12.3 Å². The van der Waals surface area contributed by atoms with Crippen molar-refractivity contribution in [2.45, 2.75) is 18.4 Å². The standard InChI is InChI=1S/C23H22Cl2N2O4S/c1-2-31-21-8-6-7-17(11-21)15-26-23(28)16-27(20-13-18(24)12-19(25)14-20)32(29,30)22-9-4-3-5-10-22/h3-14H,2,15-16H2,1H3,(H,26,28). The fourth-order valence-electron chi connectivity index (χ4n) is 3.02. The molecule has 0 unspecified atom stereocenters. The maximum absolute atomic E-state index is 13.3. The summed E-state index contributed by atoms with van der Waals surface area (Å²) in [6, 6.07) is 19.6. The lowest BCUT2D eigenvalue weighted by Crippen LogP contribution is -2.40. The molecular weight excluding hydrogens is 471 g/mol. The molecular formula is C23H22Cl2N2O4S. The van der Waals surface area contributed by atoms with Gasteiger partial charge in [-0.05, 0) is 55.0 Å². The van der Waals surface area contributed by atoms with Crippen molar-refractivity contribution in [3.8, 4) is 5.75 Å². The summed E-state index contributed by atoms with van der Waals surface area (Å²) in [6.07, 6.45) is 0. The van der Waals surface area contributed by atoms with Gasteiger partial charge in [-0.25, -0.2) is 8.42 Å². The van der Waals surface area contributed by atoms with Gasteiger partial charge in [0.25, 0.3) is 10.0 Å². The number of sulfonamides is 1. The summed E-state index contributed by atoms with van der Waals surface area (Å²) in [6.45, 7) is 2.19. The van der Waals surface area contributed by atoms with Crippen LogP contribution in [0.2, 0.25) is 10.0 Å². The van der Waals surface area contributed by atoms with Crippen molar-refractivity contribution < 1.29 is 17.9 Å². The van der Waals surface area contributed by atoms with Crippen molar-refractivity contribution in [3.63, 3.8) is 0 Å². The second-order valence-electron chi connectivity index (χ2n) is 6.81. The molecule has 0 aliphatic heterocycles. The number of nitrogens with one attached hydrogen (secondary N) is 1. The summed E-state index contributed by atoms with van der Waals surface area (Å²) < 4.78 is 33.1. The average molecular weight is 493 g/mol. The first-order valence-electron chi connectivity index (χ1n) is 9.82. The van der Waals surface area contributed by atoms with E-state index in [4.69, 9.17) is 27.9 Å². The van der Waals surface area contributed by atoms with Crippen LogP contribution in [-0.2, 0) is 21.4 Å². The zero-order chi connectivity index (χ0) is 23.1. The van der Waals surface area contributed by atoms with Gasteiger partial charge in [-0.2, -0.15) is 0 Å². The molecule has 1 N–H and O–H groups in total. The van der Waals surface area contributed by atoms with Gasteiger partial charge < -0.3 is 10.1 Å². The third kappa shape index (κ3) is 6.16. The van der Waals surface area contributed by atoms with Crippen molar-refractivity contribution in [1.29, 1.82) is 0 Å². The van der Waals surface area contributed by atoms with Gasteiger partial charge in [0.05, 0.1) is 17.2 Å². The van der Waals surface area contributed by atoms with Crippen LogP contribution in [0, 0.1) is 0 Å². The second kappa shape index (κ2) is 10.7. The largest absolute Gasteiger partial charge is 0.494 e. The summed E-state index contributed by atoms with van der Waals surface area (Å²) in [7, 11) is -4.04. The maximum Gasteiger partial charge on any atom is 0.264 e. The van der Waals surface area contributed by atoms with E-state index in [1.807, 2.05) is 31.2 Å². The lowest BCUT2D eigenvalue weighted by molar-refractivity contribution is -0.119. The number of amides is 1. The van der Waals surface area contributed by atoms with Crippen LogP contribution in [0.25, 0.3) is 0 Å². The zero-order valence-electron chi connectivity index (χ0n) is 17.3. The van der Waals surface area contributed by atoms with Gasteiger partial charge in [-0.1, -0.05) is 53.5 Å². The number of hydrogen-bond donors (Lipinski definition) is 1. The highest BCUT2D eigenvalue weighted by Crippen LogP contribution is 2.29. The number of benzene rings is 3. The highest BCUT2D eigenvalue weighted by molar-refractivity contribution is 7.92. The molecule has 0 aromatic heterocycles. The monoisotopic (exact) mass is 492 g/mol. The minimum Gasteiger partial charge on any atom is -0.494 e. The van der Waals surface area contributed by atoms with E-state index in [0.717, 1.165) is 9.87 Å². The van der Waals surface area contributed by atoms with Gasteiger partial charge in [0.2, 0.25) is 5.91 Å². The third-order valence-corrected chi connectivity index (χ3v) is 6.68. The smallest absolute Gasteiger partial charge is 0.264 e. The number of halogens is 2. The van der Waals surface area contributed by atoms with E-state index in [0.29, 0.717) is 12.4 Å². The number of hydrogen-bond acceptors (Lipinski definition) is 4. The zero-order valence-corrected chi connectivity index (χ0v) is 19.6. The molecule has 9 heteroatoms. The van der Waals surface area contributed by atoms with Gasteiger partial charge in [-0.15, -0.1) is 0 Å². The van der Waals surface area contributed by atoms with Gasteiger partial charge in [-0.3, -0.25) is 9.10 Å². The van der Waals surface area contributed by atoms with Gasteiger partial charge >= 0.3 is 0 Å². The van der Waals surface area contributed by atoms with E-state index >= 15 is 0 Å². The Morgan fingerprint density at radius 2 is 1.66 bits per heavy atom. The van der Waals surface area contributed by atoms with Crippen LogP contribution in [0.1, 0.15) is 12.5 Å². The average Bonchev–Trinajstić information content (AvgIpc) is 2.76. The Morgan fingerprint density at radius 1 is 0.969 bits per heavy atom. The molecule has 3 aromatic rings. The van der Waals surface area contributed by atoms with Crippen molar-refractivity contribution >= 4 is 44.8 Å². The van der Waals surface area contributed by atoms with Crippen LogP contribution in [0.15, 0.2) is 77.7 Å². The normalized spacial score (nSPS) is 11.1. The SMILES string of the molecule is CCOc1cccc(CNC(=O)CN(c2cc(Cl)cc(Cl)c2)S(=O)(=O)c2ccccc2)c1.